The van der Waals surface area contributed by atoms with Crippen LogP contribution in [0.5, 0.6) is 0 Å². The molecule has 0 unspecified atom stereocenters. The first-order chi connectivity index (χ1) is 8.13. The summed E-state index contributed by atoms with van der Waals surface area (Å²) in [5.74, 6) is -0.602. The molecule has 6 heteroatoms. The Hall–Kier alpha value is -0.730. The third kappa shape index (κ3) is 5.42. The maximum Gasteiger partial charge on any atom is 0.250 e. The summed E-state index contributed by atoms with van der Waals surface area (Å²) in [5.41, 5.74) is 0.576. The smallest absolute Gasteiger partial charge is 0.250 e. The second-order valence-electron chi connectivity index (χ2n) is 3.22. The molecule has 17 heavy (non-hydrogen) atoms. The predicted molar refractivity (Wildman–Crippen MR) is 70.4 cm³/mol. The van der Waals surface area contributed by atoms with E-state index in [1.54, 1.807) is 7.11 Å². The number of benzene rings is 1. The van der Waals surface area contributed by atoms with Gasteiger partial charge in [0, 0.05) is 10.7 Å². The SMILES string of the molecule is COCCOCC(=O)Nc1ccc(F)cc1I. The van der Waals surface area contributed by atoms with Gasteiger partial charge in [-0.05, 0) is 40.8 Å². The molecule has 0 spiro atoms. The van der Waals surface area contributed by atoms with Crippen LogP contribution in [0.1, 0.15) is 0 Å². The van der Waals surface area contributed by atoms with Gasteiger partial charge in [0.1, 0.15) is 12.4 Å². The molecule has 0 saturated carbocycles. The minimum atomic E-state index is -0.330. The highest BCUT2D eigenvalue weighted by molar-refractivity contribution is 14.1. The van der Waals surface area contributed by atoms with Crippen LogP contribution < -0.4 is 5.32 Å². The second-order valence-corrected chi connectivity index (χ2v) is 4.38. The topological polar surface area (TPSA) is 47.6 Å². The van der Waals surface area contributed by atoms with Crippen LogP contribution in [0.4, 0.5) is 10.1 Å². The minimum Gasteiger partial charge on any atom is -0.382 e. The van der Waals surface area contributed by atoms with Crippen LogP contribution in [0.25, 0.3) is 0 Å². The van der Waals surface area contributed by atoms with Crippen molar-refractivity contribution in [1.29, 1.82) is 0 Å². The van der Waals surface area contributed by atoms with E-state index in [0.717, 1.165) is 0 Å². The van der Waals surface area contributed by atoms with E-state index in [1.807, 2.05) is 22.6 Å². The summed E-state index contributed by atoms with van der Waals surface area (Å²) >= 11 is 1.95. The Balaban J connectivity index is 2.40. The summed E-state index contributed by atoms with van der Waals surface area (Å²) in [6.07, 6.45) is 0. The van der Waals surface area contributed by atoms with Crippen molar-refractivity contribution in [1.82, 2.24) is 0 Å². The molecule has 1 rings (SSSR count). The van der Waals surface area contributed by atoms with Gasteiger partial charge in [-0.15, -0.1) is 0 Å². The number of nitrogens with one attached hydrogen (secondary N) is 1. The van der Waals surface area contributed by atoms with E-state index < -0.39 is 0 Å². The molecule has 0 saturated heterocycles. The molecule has 0 radical (unpaired) electrons. The summed E-state index contributed by atoms with van der Waals surface area (Å²) in [4.78, 5) is 11.4. The molecule has 1 aromatic rings. The largest absolute Gasteiger partial charge is 0.382 e. The van der Waals surface area contributed by atoms with Gasteiger partial charge in [-0.3, -0.25) is 4.79 Å². The molecule has 0 atom stereocenters. The van der Waals surface area contributed by atoms with Crippen LogP contribution in [-0.2, 0) is 14.3 Å². The van der Waals surface area contributed by atoms with E-state index in [4.69, 9.17) is 9.47 Å². The monoisotopic (exact) mass is 353 g/mol. The molecule has 1 N–H and O–H groups in total. The van der Waals surface area contributed by atoms with Crippen molar-refractivity contribution in [2.45, 2.75) is 0 Å². The number of halogens is 2. The fourth-order valence-corrected chi connectivity index (χ4v) is 1.70. The van der Waals surface area contributed by atoms with Crippen LogP contribution in [0.2, 0.25) is 0 Å². The van der Waals surface area contributed by atoms with Gasteiger partial charge in [-0.1, -0.05) is 0 Å². The zero-order valence-electron chi connectivity index (χ0n) is 9.33. The molecular weight excluding hydrogens is 340 g/mol. The van der Waals surface area contributed by atoms with Gasteiger partial charge in [0.2, 0.25) is 5.91 Å². The molecule has 0 aliphatic heterocycles. The van der Waals surface area contributed by atoms with E-state index in [0.29, 0.717) is 22.5 Å². The quantitative estimate of drug-likeness (QED) is 0.629. The lowest BCUT2D eigenvalue weighted by Crippen LogP contribution is -2.20. The van der Waals surface area contributed by atoms with E-state index >= 15 is 0 Å². The van der Waals surface area contributed by atoms with Gasteiger partial charge < -0.3 is 14.8 Å². The predicted octanol–water partition coefficient (Wildman–Crippen LogP) is 2.03. The third-order valence-electron chi connectivity index (χ3n) is 1.87. The zero-order valence-corrected chi connectivity index (χ0v) is 11.5. The summed E-state index contributed by atoms with van der Waals surface area (Å²) < 4.78 is 23.3. The second kappa shape index (κ2) is 7.57. The number of ether oxygens (including phenoxy) is 2. The first-order valence-corrected chi connectivity index (χ1v) is 6.03. The number of anilines is 1. The van der Waals surface area contributed by atoms with Crippen LogP contribution >= 0.6 is 22.6 Å². The molecule has 1 amide bonds. The summed E-state index contributed by atoms with van der Waals surface area (Å²) in [6.45, 7) is 0.766. The fraction of sp³-hybridized carbons (Fsp3) is 0.364. The molecule has 0 heterocycles. The highest BCUT2D eigenvalue weighted by Crippen LogP contribution is 2.18. The van der Waals surface area contributed by atoms with Gasteiger partial charge in [0.15, 0.2) is 0 Å². The number of methoxy groups -OCH3 is 1. The number of hydrogen-bond donors (Lipinski definition) is 1. The van der Waals surface area contributed by atoms with Gasteiger partial charge in [0.25, 0.3) is 0 Å². The third-order valence-corrected chi connectivity index (χ3v) is 2.76. The van der Waals surface area contributed by atoms with Crippen LogP contribution in [0.15, 0.2) is 18.2 Å². The van der Waals surface area contributed by atoms with Crippen molar-refractivity contribution < 1.29 is 18.7 Å². The van der Waals surface area contributed by atoms with Gasteiger partial charge in [-0.2, -0.15) is 0 Å². The van der Waals surface area contributed by atoms with Crippen molar-refractivity contribution >= 4 is 34.2 Å². The molecule has 0 bridgehead atoms. The number of rotatable bonds is 6. The Bertz CT molecular complexity index is 387. The number of carbonyl (C=O) groups is 1. The maximum absolute atomic E-state index is 12.8. The Morgan fingerprint density at radius 2 is 2.24 bits per heavy atom. The van der Waals surface area contributed by atoms with Crippen LogP contribution in [0, 0.1) is 9.39 Å². The normalized spacial score (nSPS) is 10.3. The van der Waals surface area contributed by atoms with E-state index in [-0.39, 0.29) is 18.3 Å². The van der Waals surface area contributed by atoms with Crippen molar-refractivity contribution in [2.75, 3.05) is 32.2 Å². The van der Waals surface area contributed by atoms with E-state index in [9.17, 15) is 9.18 Å². The molecular formula is C11H13FINO3. The lowest BCUT2D eigenvalue weighted by molar-refractivity contribution is -0.121. The zero-order chi connectivity index (χ0) is 12.7. The Morgan fingerprint density at radius 1 is 1.47 bits per heavy atom. The Labute approximate surface area is 113 Å². The summed E-state index contributed by atoms with van der Waals surface area (Å²) in [5, 5.41) is 2.64. The van der Waals surface area contributed by atoms with E-state index in [2.05, 4.69) is 5.32 Å². The fourth-order valence-electron chi connectivity index (χ4n) is 1.08. The van der Waals surface area contributed by atoms with Crippen LogP contribution in [0.3, 0.4) is 0 Å². The summed E-state index contributed by atoms with van der Waals surface area (Å²) in [7, 11) is 1.56. The highest BCUT2D eigenvalue weighted by atomic mass is 127. The van der Waals surface area contributed by atoms with Crippen molar-refractivity contribution in [3.63, 3.8) is 0 Å². The van der Waals surface area contributed by atoms with Gasteiger partial charge in [0.05, 0.1) is 18.9 Å². The van der Waals surface area contributed by atoms with Gasteiger partial charge in [-0.25, -0.2) is 4.39 Å². The molecule has 0 aromatic heterocycles. The lowest BCUT2D eigenvalue weighted by atomic mass is 10.3. The van der Waals surface area contributed by atoms with Crippen LogP contribution in [-0.4, -0.2) is 32.8 Å². The Kier molecular flexibility index (Phi) is 6.38. The minimum absolute atomic E-state index is 0.0448. The molecule has 4 nitrogen and oxygen atoms in total. The highest BCUT2D eigenvalue weighted by Gasteiger charge is 2.06. The molecule has 0 aliphatic carbocycles. The standard InChI is InChI=1S/C11H13FINO3/c1-16-4-5-17-7-11(15)14-10-3-2-8(12)6-9(10)13/h2-3,6H,4-5,7H2,1H3,(H,14,15). The molecule has 0 fully saturated rings. The van der Waals surface area contributed by atoms with Gasteiger partial charge >= 0.3 is 0 Å². The molecule has 1 aromatic carbocycles. The Morgan fingerprint density at radius 3 is 2.88 bits per heavy atom. The number of hydrogen-bond acceptors (Lipinski definition) is 3. The van der Waals surface area contributed by atoms with Crippen molar-refractivity contribution in [3.05, 3.63) is 27.6 Å². The number of carbonyl (C=O) groups excluding carboxylic acids is 1. The molecule has 0 aliphatic rings. The maximum atomic E-state index is 12.8. The first kappa shape index (κ1) is 14.3. The average Bonchev–Trinajstić information content (AvgIpc) is 2.28. The van der Waals surface area contributed by atoms with E-state index in [1.165, 1.54) is 18.2 Å². The number of amides is 1. The van der Waals surface area contributed by atoms with Crippen molar-refractivity contribution in [3.8, 4) is 0 Å². The molecule has 94 valence electrons. The first-order valence-electron chi connectivity index (χ1n) is 4.95. The lowest BCUT2D eigenvalue weighted by Gasteiger charge is -2.07. The summed E-state index contributed by atoms with van der Waals surface area (Å²) in [6, 6.07) is 4.16. The van der Waals surface area contributed by atoms with Crippen molar-refractivity contribution in [2.24, 2.45) is 0 Å². The average molecular weight is 353 g/mol.